The maximum atomic E-state index is 14.1. The molecule has 1 aromatic rings. The van der Waals surface area contributed by atoms with E-state index in [1.54, 1.807) is 25.7 Å². The van der Waals surface area contributed by atoms with Gasteiger partial charge in [0, 0.05) is 45.1 Å². The zero-order valence-corrected chi connectivity index (χ0v) is 30.6. The van der Waals surface area contributed by atoms with Crippen LogP contribution in [0.2, 0.25) is 0 Å². The molecule has 0 spiro atoms. The Labute approximate surface area is 305 Å². The number of amides is 3. The first-order chi connectivity index (χ1) is 24.8. The Bertz CT molecular complexity index is 1490. The summed E-state index contributed by atoms with van der Waals surface area (Å²) in [5.41, 5.74) is 0.0628. The Kier molecular flexibility index (Phi) is 11.8. The first kappa shape index (κ1) is 38.0. The molecule has 6 rings (SSSR count). The second kappa shape index (κ2) is 16.1. The smallest absolute Gasteiger partial charge is 0.410 e. The van der Waals surface area contributed by atoms with Gasteiger partial charge in [0.15, 0.2) is 0 Å². The number of allylic oxidation sites excluding steroid dienone is 1. The normalized spacial score (nSPS) is 31.8. The fourth-order valence-electron chi connectivity index (χ4n) is 8.08. The summed E-state index contributed by atoms with van der Waals surface area (Å²) >= 11 is 0. The quantitative estimate of drug-likeness (QED) is 0.329. The molecule has 5 aliphatic rings. The van der Waals surface area contributed by atoms with E-state index in [1.807, 2.05) is 24.3 Å². The molecule has 1 aliphatic carbocycles. The molecule has 0 aromatic heterocycles. The van der Waals surface area contributed by atoms with Crippen LogP contribution >= 0.6 is 0 Å². The van der Waals surface area contributed by atoms with Gasteiger partial charge in [-0.25, -0.2) is 14.4 Å². The van der Waals surface area contributed by atoms with Gasteiger partial charge in [0.25, 0.3) is 0 Å². The van der Waals surface area contributed by atoms with E-state index in [1.165, 1.54) is 10.5 Å². The largest absolute Gasteiger partial charge is 0.479 e. The molecule has 3 amide bonds. The Morgan fingerprint density at radius 3 is 2.62 bits per heavy atom. The molecule has 4 heterocycles. The number of hydrogen-bond acceptors (Lipinski definition) is 10. The number of aliphatic hydroxyl groups excluding tert-OH is 1. The molecule has 2 unspecified atom stereocenters. The lowest BCUT2D eigenvalue weighted by atomic mass is 9.92. The molecule has 14 nitrogen and oxygen atoms in total. The standard InChI is InChI=1S/C38H55N5O9/c1-37(2,3)52-35(48)39-29-14-8-6-4-5-7-12-26-22-38(26,34(46)47)40-32(44)30-21-27(23-43(30)33(29)45)51-36(49)42-16-15-25-11-9-10-13-28(25)31(42)24-41-17-19-50-20-18-41/h7,9-13,26-27,29-31,33,45H,4-6,8,14-24H2,1-3H3,(H,39,48)(H,40,44)(H,46,47)/t26-,27-,29+,30+,31?,33?,38-/m1/s1. The highest BCUT2D eigenvalue weighted by Crippen LogP contribution is 2.45. The molecular weight excluding hydrogens is 670 g/mol. The lowest BCUT2D eigenvalue weighted by Crippen LogP contribution is -2.58. The van der Waals surface area contributed by atoms with E-state index in [0.29, 0.717) is 45.6 Å². The SMILES string of the molecule is CC(C)(C)OC(=O)N[C@H]1CCCCCC=C[C@@H]2C[C@@]2(C(=O)O)NC(=O)[C@@H]2C[C@@H](OC(=O)N3CCc4ccccc4C3CN3CCOCC3)CN2C1O. The van der Waals surface area contributed by atoms with Crippen molar-refractivity contribution in [3.05, 3.63) is 47.5 Å². The molecule has 286 valence electrons. The molecule has 52 heavy (non-hydrogen) atoms. The first-order valence-electron chi connectivity index (χ1n) is 18.8. The average Bonchev–Trinajstić information content (AvgIpc) is 3.64. The predicted octanol–water partition coefficient (Wildman–Crippen LogP) is 3.19. The van der Waals surface area contributed by atoms with Gasteiger partial charge in [-0.15, -0.1) is 0 Å². The molecule has 0 radical (unpaired) electrons. The van der Waals surface area contributed by atoms with Crippen LogP contribution in [0, 0.1) is 5.92 Å². The van der Waals surface area contributed by atoms with Gasteiger partial charge in [0.1, 0.15) is 23.5 Å². The van der Waals surface area contributed by atoms with Crippen molar-refractivity contribution in [3.8, 4) is 0 Å². The lowest BCUT2D eigenvalue weighted by molar-refractivity contribution is -0.145. The van der Waals surface area contributed by atoms with Crippen LogP contribution in [0.5, 0.6) is 0 Å². The minimum Gasteiger partial charge on any atom is -0.479 e. The van der Waals surface area contributed by atoms with Crippen molar-refractivity contribution in [3.63, 3.8) is 0 Å². The number of carbonyl (C=O) groups excluding carboxylic acids is 3. The third-order valence-electron chi connectivity index (χ3n) is 11.0. The van der Waals surface area contributed by atoms with Crippen LogP contribution in [0.25, 0.3) is 0 Å². The van der Waals surface area contributed by atoms with Crippen molar-refractivity contribution in [2.75, 3.05) is 45.9 Å². The summed E-state index contributed by atoms with van der Waals surface area (Å²) in [5.74, 6) is -2.03. The highest BCUT2D eigenvalue weighted by atomic mass is 16.6. The number of benzene rings is 1. The van der Waals surface area contributed by atoms with Crippen LogP contribution in [0.4, 0.5) is 9.59 Å². The van der Waals surface area contributed by atoms with Gasteiger partial charge in [-0.2, -0.15) is 0 Å². The number of ether oxygens (including phenoxy) is 3. The van der Waals surface area contributed by atoms with Crippen molar-refractivity contribution in [1.29, 1.82) is 0 Å². The molecule has 14 heteroatoms. The summed E-state index contributed by atoms with van der Waals surface area (Å²) in [4.78, 5) is 59.2. The molecule has 0 bridgehead atoms. The van der Waals surface area contributed by atoms with Crippen molar-refractivity contribution < 1.29 is 43.6 Å². The van der Waals surface area contributed by atoms with Crippen molar-refractivity contribution >= 4 is 24.1 Å². The Morgan fingerprint density at radius 2 is 1.87 bits per heavy atom. The van der Waals surface area contributed by atoms with Crippen LogP contribution in [0.3, 0.4) is 0 Å². The predicted molar refractivity (Wildman–Crippen MR) is 190 cm³/mol. The monoisotopic (exact) mass is 725 g/mol. The number of morpholine rings is 1. The maximum absolute atomic E-state index is 14.1. The zero-order chi connectivity index (χ0) is 37.0. The van der Waals surface area contributed by atoms with Crippen molar-refractivity contribution in [2.24, 2.45) is 5.92 Å². The number of alkyl carbamates (subject to hydrolysis) is 1. The number of fused-ring (bicyclic) bond motifs is 3. The van der Waals surface area contributed by atoms with Crippen LogP contribution in [0.15, 0.2) is 36.4 Å². The molecule has 4 N–H and O–H groups in total. The fraction of sp³-hybridized carbons (Fsp3) is 0.684. The van der Waals surface area contributed by atoms with Crippen LogP contribution in [-0.4, -0.2) is 130 Å². The van der Waals surface area contributed by atoms with Crippen LogP contribution < -0.4 is 10.6 Å². The third-order valence-corrected chi connectivity index (χ3v) is 11.0. The number of aliphatic carboxylic acids is 1. The number of carbonyl (C=O) groups is 4. The van der Waals surface area contributed by atoms with Gasteiger partial charge in [0.05, 0.1) is 31.3 Å². The number of nitrogens with one attached hydrogen (secondary N) is 2. The van der Waals surface area contributed by atoms with E-state index in [-0.39, 0.29) is 31.3 Å². The summed E-state index contributed by atoms with van der Waals surface area (Å²) in [6.07, 6.45) is 5.04. The van der Waals surface area contributed by atoms with Gasteiger partial charge in [0.2, 0.25) is 5.91 Å². The summed E-state index contributed by atoms with van der Waals surface area (Å²) in [5, 5.41) is 27.8. The van der Waals surface area contributed by atoms with E-state index in [4.69, 9.17) is 14.2 Å². The van der Waals surface area contributed by atoms with Gasteiger partial charge >= 0.3 is 18.2 Å². The minimum atomic E-state index is -1.44. The second-order valence-electron chi connectivity index (χ2n) is 15.8. The number of aliphatic hydroxyl groups is 1. The van der Waals surface area contributed by atoms with Gasteiger partial charge in [-0.05, 0) is 64.0 Å². The average molecular weight is 726 g/mol. The van der Waals surface area contributed by atoms with Crippen LogP contribution in [-0.2, 0) is 30.2 Å². The molecule has 2 saturated heterocycles. The van der Waals surface area contributed by atoms with Crippen LogP contribution in [0.1, 0.15) is 82.9 Å². The van der Waals surface area contributed by atoms with E-state index >= 15 is 0 Å². The highest BCUT2D eigenvalue weighted by molar-refractivity contribution is 5.93. The molecule has 1 aromatic carbocycles. The summed E-state index contributed by atoms with van der Waals surface area (Å²) in [7, 11) is 0. The first-order valence-corrected chi connectivity index (χ1v) is 18.8. The highest BCUT2D eigenvalue weighted by Gasteiger charge is 2.61. The number of carboxylic acids is 1. The van der Waals surface area contributed by atoms with E-state index < -0.39 is 59.6 Å². The summed E-state index contributed by atoms with van der Waals surface area (Å²) < 4.78 is 17.3. The molecular formula is C38H55N5O9. The van der Waals surface area contributed by atoms with E-state index in [0.717, 1.165) is 37.9 Å². The number of nitrogens with zero attached hydrogens (tertiary/aromatic N) is 3. The number of hydrogen-bond donors (Lipinski definition) is 4. The molecule has 4 aliphatic heterocycles. The third kappa shape index (κ3) is 8.90. The number of carboxylic acid groups (broad SMARTS) is 1. The second-order valence-corrected chi connectivity index (χ2v) is 15.8. The summed E-state index contributed by atoms with van der Waals surface area (Å²) in [6, 6.07) is 6.07. The van der Waals surface area contributed by atoms with Crippen molar-refractivity contribution in [2.45, 2.75) is 114 Å². The van der Waals surface area contributed by atoms with E-state index in [9.17, 15) is 29.4 Å². The Balaban J connectivity index is 1.24. The van der Waals surface area contributed by atoms with E-state index in [2.05, 4.69) is 27.7 Å². The molecule has 3 fully saturated rings. The van der Waals surface area contributed by atoms with Gasteiger partial charge < -0.3 is 35.1 Å². The van der Waals surface area contributed by atoms with Gasteiger partial charge in [-0.3, -0.25) is 19.5 Å². The van der Waals surface area contributed by atoms with Crippen molar-refractivity contribution in [1.82, 2.24) is 25.3 Å². The fourth-order valence-corrected chi connectivity index (χ4v) is 8.08. The molecule has 1 saturated carbocycles. The lowest BCUT2D eigenvalue weighted by Gasteiger charge is -2.40. The zero-order valence-electron chi connectivity index (χ0n) is 30.6. The van der Waals surface area contributed by atoms with Gasteiger partial charge in [-0.1, -0.05) is 49.3 Å². The topological polar surface area (TPSA) is 170 Å². The minimum absolute atomic E-state index is 0.0133. The maximum Gasteiger partial charge on any atom is 0.410 e. The number of rotatable bonds is 5. The summed E-state index contributed by atoms with van der Waals surface area (Å²) in [6.45, 7) is 9.15. The Hall–Kier alpha value is -3.72. The molecule has 7 atom stereocenters. The Morgan fingerprint density at radius 1 is 1.10 bits per heavy atom.